The van der Waals surface area contributed by atoms with E-state index in [1.165, 1.54) is 37.7 Å². The van der Waals surface area contributed by atoms with E-state index in [-0.39, 0.29) is 0 Å². The first kappa shape index (κ1) is 14.9. The lowest BCUT2D eigenvalue weighted by atomic mass is 9.80. The van der Waals surface area contributed by atoms with Crippen molar-refractivity contribution in [2.24, 2.45) is 0 Å². The lowest BCUT2D eigenvalue weighted by Crippen LogP contribution is -2.56. The van der Waals surface area contributed by atoms with E-state index in [1.54, 1.807) is 7.11 Å². The lowest BCUT2D eigenvalue weighted by molar-refractivity contribution is -0.00516. The molecule has 0 aromatic heterocycles. The van der Waals surface area contributed by atoms with Gasteiger partial charge in [0.15, 0.2) is 0 Å². The number of nitrogens with one attached hydrogen (secondary N) is 1. The second-order valence-corrected chi connectivity index (χ2v) is 6.59. The van der Waals surface area contributed by atoms with E-state index in [1.807, 2.05) is 0 Å². The number of rotatable bonds is 4. The van der Waals surface area contributed by atoms with Crippen molar-refractivity contribution >= 4 is 0 Å². The van der Waals surface area contributed by atoms with Crippen LogP contribution in [0.2, 0.25) is 0 Å². The summed E-state index contributed by atoms with van der Waals surface area (Å²) >= 11 is 0. The van der Waals surface area contributed by atoms with E-state index in [0.29, 0.717) is 12.1 Å². The molecule has 3 unspecified atom stereocenters. The Morgan fingerprint density at radius 2 is 1.76 bits per heavy atom. The van der Waals surface area contributed by atoms with Gasteiger partial charge in [-0.15, -0.1) is 0 Å². The van der Waals surface area contributed by atoms with Gasteiger partial charge in [-0.25, -0.2) is 0 Å². The van der Waals surface area contributed by atoms with Gasteiger partial charge in [-0.3, -0.25) is 4.90 Å². The third-order valence-corrected chi connectivity index (χ3v) is 5.48. The van der Waals surface area contributed by atoms with E-state index in [9.17, 15) is 0 Å². The SMILES string of the molecule is CNC1CC2CCCC(C1)N2C(C)c1ccc(OC)cc1. The zero-order valence-electron chi connectivity index (χ0n) is 13.5. The van der Waals surface area contributed by atoms with Crippen LogP contribution in [0.5, 0.6) is 5.75 Å². The molecule has 1 aromatic carbocycles. The Balaban J connectivity index is 1.78. The van der Waals surface area contributed by atoms with Gasteiger partial charge < -0.3 is 10.1 Å². The van der Waals surface area contributed by atoms with Crippen LogP contribution in [-0.2, 0) is 0 Å². The van der Waals surface area contributed by atoms with Crippen molar-refractivity contribution in [2.45, 2.75) is 63.2 Å². The van der Waals surface area contributed by atoms with Crippen LogP contribution in [0.4, 0.5) is 0 Å². The van der Waals surface area contributed by atoms with Crippen molar-refractivity contribution in [3.8, 4) is 5.75 Å². The van der Waals surface area contributed by atoms with Crippen molar-refractivity contribution in [1.82, 2.24) is 10.2 Å². The molecule has 2 fully saturated rings. The standard InChI is InChI=1S/C18H28N2O/c1-13(14-7-9-18(21-3)10-8-14)20-16-5-4-6-17(20)12-15(11-16)19-2/h7-10,13,15-17,19H,4-6,11-12H2,1-3H3. The summed E-state index contributed by atoms with van der Waals surface area (Å²) in [4.78, 5) is 2.79. The number of nitrogens with zero attached hydrogens (tertiary/aromatic N) is 1. The maximum Gasteiger partial charge on any atom is 0.118 e. The molecule has 116 valence electrons. The zero-order valence-corrected chi connectivity index (χ0v) is 13.5. The van der Waals surface area contributed by atoms with Crippen LogP contribution in [0.1, 0.15) is 50.6 Å². The van der Waals surface area contributed by atoms with Gasteiger partial charge in [0.05, 0.1) is 7.11 Å². The van der Waals surface area contributed by atoms with Crippen molar-refractivity contribution in [3.05, 3.63) is 29.8 Å². The van der Waals surface area contributed by atoms with Crippen LogP contribution >= 0.6 is 0 Å². The summed E-state index contributed by atoms with van der Waals surface area (Å²) in [6.45, 7) is 2.37. The summed E-state index contributed by atoms with van der Waals surface area (Å²) in [6.07, 6.45) is 6.71. The van der Waals surface area contributed by atoms with Crippen molar-refractivity contribution in [1.29, 1.82) is 0 Å². The van der Waals surface area contributed by atoms with Crippen molar-refractivity contribution < 1.29 is 4.74 Å². The first-order chi connectivity index (χ1) is 10.2. The summed E-state index contributed by atoms with van der Waals surface area (Å²) in [7, 11) is 3.84. The Bertz CT molecular complexity index is 445. The normalized spacial score (nSPS) is 30.9. The summed E-state index contributed by atoms with van der Waals surface area (Å²) in [5.74, 6) is 0.944. The second kappa shape index (κ2) is 6.37. The summed E-state index contributed by atoms with van der Waals surface area (Å²) < 4.78 is 5.28. The molecule has 2 aliphatic heterocycles. The molecule has 0 aliphatic carbocycles. The summed E-state index contributed by atoms with van der Waals surface area (Å²) in [6, 6.07) is 11.3. The zero-order chi connectivity index (χ0) is 14.8. The largest absolute Gasteiger partial charge is 0.497 e. The number of ether oxygens (including phenoxy) is 1. The first-order valence-corrected chi connectivity index (χ1v) is 8.31. The molecular weight excluding hydrogens is 260 g/mol. The fourth-order valence-corrected chi connectivity index (χ4v) is 4.34. The van der Waals surface area contributed by atoms with Crippen molar-refractivity contribution in [2.75, 3.05) is 14.2 Å². The Morgan fingerprint density at radius 1 is 1.14 bits per heavy atom. The molecule has 1 N–H and O–H groups in total. The van der Waals surface area contributed by atoms with E-state index in [2.05, 4.69) is 48.5 Å². The molecule has 1 aromatic rings. The molecule has 0 amide bonds. The van der Waals surface area contributed by atoms with Gasteiger partial charge in [0.1, 0.15) is 5.75 Å². The highest BCUT2D eigenvalue weighted by Crippen LogP contribution is 2.40. The average Bonchev–Trinajstić information content (AvgIpc) is 2.53. The van der Waals surface area contributed by atoms with Gasteiger partial charge >= 0.3 is 0 Å². The molecule has 3 rings (SSSR count). The number of piperidine rings is 2. The van der Waals surface area contributed by atoms with Crippen LogP contribution in [-0.4, -0.2) is 37.2 Å². The van der Waals surface area contributed by atoms with E-state index >= 15 is 0 Å². The second-order valence-electron chi connectivity index (χ2n) is 6.59. The molecule has 0 spiro atoms. The topological polar surface area (TPSA) is 24.5 Å². The molecular formula is C18H28N2O. The molecule has 0 radical (unpaired) electrons. The predicted octanol–water partition coefficient (Wildman–Crippen LogP) is 3.36. The van der Waals surface area contributed by atoms with Gasteiger partial charge in [0.2, 0.25) is 0 Å². The monoisotopic (exact) mass is 288 g/mol. The highest BCUT2D eigenvalue weighted by atomic mass is 16.5. The Kier molecular flexibility index (Phi) is 4.51. The van der Waals surface area contributed by atoms with Gasteiger partial charge in [-0.05, 0) is 57.4 Å². The third-order valence-electron chi connectivity index (χ3n) is 5.48. The molecule has 3 atom stereocenters. The third kappa shape index (κ3) is 2.95. The predicted molar refractivity (Wildman–Crippen MR) is 86.8 cm³/mol. The van der Waals surface area contributed by atoms with E-state index in [4.69, 9.17) is 4.74 Å². The highest BCUT2D eigenvalue weighted by molar-refractivity contribution is 5.29. The molecule has 21 heavy (non-hydrogen) atoms. The molecule has 2 aliphatic rings. The van der Waals surface area contributed by atoms with Gasteiger partial charge in [-0.1, -0.05) is 18.6 Å². The molecule has 2 bridgehead atoms. The molecule has 0 saturated carbocycles. The van der Waals surface area contributed by atoms with Crippen molar-refractivity contribution in [3.63, 3.8) is 0 Å². The van der Waals surface area contributed by atoms with Gasteiger partial charge in [-0.2, -0.15) is 0 Å². The van der Waals surface area contributed by atoms with Crippen LogP contribution in [0.15, 0.2) is 24.3 Å². The summed E-state index contributed by atoms with van der Waals surface area (Å²) in [5.41, 5.74) is 1.41. The molecule has 2 heterocycles. The Morgan fingerprint density at radius 3 is 2.29 bits per heavy atom. The average molecular weight is 288 g/mol. The Labute approximate surface area is 128 Å². The molecule has 3 heteroatoms. The lowest BCUT2D eigenvalue weighted by Gasteiger charge is -2.51. The van der Waals surface area contributed by atoms with Gasteiger partial charge in [0, 0.05) is 24.2 Å². The number of benzene rings is 1. The minimum absolute atomic E-state index is 0.504. The van der Waals surface area contributed by atoms with Crippen LogP contribution in [0, 0.1) is 0 Å². The maximum atomic E-state index is 5.28. The maximum absolute atomic E-state index is 5.28. The summed E-state index contributed by atoms with van der Waals surface area (Å²) in [5, 5.41) is 3.50. The van der Waals surface area contributed by atoms with Crippen LogP contribution in [0.25, 0.3) is 0 Å². The minimum atomic E-state index is 0.504. The highest BCUT2D eigenvalue weighted by Gasteiger charge is 2.40. The van der Waals surface area contributed by atoms with E-state index in [0.717, 1.165) is 17.8 Å². The quantitative estimate of drug-likeness (QED) is 0.919. The first-order valence-electron chi connectivity index (χ1n) is 8.31. The molecule has 3 nitrogen and oxygen atoms in total. The Hall–Kier alpha value is -1.06. The van der Waals surface area contributed by atoms with E-state index < -0.39 is 0 Å². The fourth-order valence-electron chi connectivity index (χ4n) is 4.34. The number of methoxy groups -OCH3 is 1. The van der Waals surface area contributed by atoms with Crippen LogP contribution in [0.3, 0.4) is 0 Å². The van der Waals surface area contributed by atoms with Crippen LogP contribution < -0.4 is 10.1 Å². The number of hydrogen-bond acceptors (Lipinski definition) is 3. The minimum Gasteiger partial charge on any atom is -0.497 e. The smallest absolute Gasteiger partial charge is 0.118 e. The number of hydrogen-bond donors (Lipinski definition) is 1. The fraction of sp³-hybridized carbons (Fsp3) is 0.667. The number of fused-ring (bicyclic) bond motifs is 2. The van der Waals surface area contributed by atoms with Gasteiger partial charge in [0.25, 0.3) is 0 Å². The molecule has 2 saturated heterocycles.